The Bertz CT molecular complexity index is 1110. The van der Waals surface area contributed by atoms with Crippen molar-refractivity contribution in [2.45, 2.75) is 4.90 Å². The van der Waals surface area contributed by atoms with Gasteiger partial charge in [0.1, 0.15) is 5.82 Å². The van der Waals surface area contributed by atoms with Crippen molar-refractivity contribution in [2.24, 2.45) is 0 Å². The summed E-state index contributed by atoms with van der Waals surface area (Å²) in [6, 6.07) is 9.51. The average Bonchev–Trinajstić information content (AvgIpc) is 2.74. The molecule has 1 aliphatic heterocycles. The Morgan fingerprint density at radius 2 is 1.80 bits per heavy atom. The molecule has 0 unspecified atom stereocenters. The predicted molar refractivity (Wildman–Crippen MR) is 112 cm³/mol. The number of rotatable bonds is 5. The van der Waals surface area contributed by atoms with Gasteiger partial charge in [-0.25, -0.2) is 12.8 Å². The fourth-order valence-corrected chi connectivity index (χ4v) is 4.98. The van der Waals surface area contributed by atoms with E-state index in [1.807, 2.05) is 0 Å². The summed E-state index contributed by atoms with van der Waals surface area (Å²) in [5, 5.41) is 11.2. The molecule has 0 radical (unpaired) electrons. The van der Waals surface area contributed by atoms with Crippen LogP contribution < -0.4 is 0 Å². The Labute approximate surface area is 180 Å². The highest BCUT2D eigenvalue weighted by molar-refractivity contribution is 9.10. The molecule has 158 valence electrons. The van der Waals surface area contributed by atoms with Crippen LogP contribution in [-0.4, -0.2) is 54.6 Å². The van der Waals surface area contributed by atoms with Crippen LogP contribution in [0.3, 0.4) is 0 Å². The van der Waals surface area contributed by atoms with E-state index in [1.54, 1.807) is 6.07 Å². The molecule has 2 aromatic rings. The first kappa shape index (κ1) is 22.1. The van der Waals surface area contributed by atoms with Crippen molar-refractivity contribution >= 4 is 43.6 Å². The van der Waals surface area contributed by atoms with Gasteiger partial charge in [-0.15, -0.1) is 0 Å². The van der Waals surface area contributed by atoms with Crippen LogP contribution in [0.5, 0.6) is 0 Å². The number of hydrogen-bond acceptors (Lipinski definition) is 5. The van der Waals surface area contributed by atoms with E-state index in [0.29, 0.717) is 4.47 Å². The standard InChI is InChI=1S/C19H17BrFN3O5S/c20-15-6-7-16(21)14(13-15)5-8-19(25)22-9-11-23(12-10-22)30(28,29)18-4-2-1-3-17(18)24(26)27/h1-8,13H,9-12H2/b8-5+. The van der Waals surface area contributed by atoms with E-state index in [2.05, 4.69) is 15.9 Å². The molecule has 0 aliphatic carbocycles. The predicted octanol–water partition coefficient (Wildman–Crippen LogP) is 3.04. The second-order valence-electron chi connectivity index (χ2n) is 6.45. The number of carbonyl (C=O) groups is 1. The van der Waals surface area contributed by atoms with Crippen molar-refractivity contribution in [2.75, 3.05) is 26.2 Å². The number of nitro benzene ring substituents is 1. The lowest BCUT2D eigenvalue weighted by Crippen LogP contribution is -2.50. The van der Waals surface area contributed by atoms with Gasteiger partial charge in [-0.05, 0) is 30.3 Å². The summed E-state index contributed by atoms with van der Waals surface area (Å²) in [6.07, 6.45) is 2.59. The molecule has 3 rings (SSSR count). The van der Waals surface area contributed by atoms with Crippen molar-refractivity contribution in [1.29, 1.82) is 0 Å². The quantitative estimate of drug-likeness (QED) is 0.359. The van der Waals surface area contributed by atoms with Gasteiger partial charge in [-0.1, -0.05) is 28.1 Å². The topological polar surface area (TPSA) is 101 Å². The first-order chi connectivity index (χ1) is 14.2. The molecule has 30 heavy (non-hydrogen) atoms. The molecule has 11 heteroatoms. The van der Waals surface area contributed by atoms with Crippen LogP contribution in [0.15, 0.2) is 57.9 Å². The maximum absolute atomic E-state index is 13.8. The SMILES string of the molecule is O=C(/C=C/c1cc(Br)ccc1F)N1CCN(S(=O)(=O)c2ccccc2[N+](=O)[O-])CC1. The third-order valence-corrected chi connectivity index (χ3v) is 7.03. The normalized spacial score (nSPS) is 15.5. The maximum atomic E-state index is 13.8. The van der Waals surface area contributed by atoms with Gasteiger partial charge in [0.15, 0.2) is 4.90 Å². The lowest BCUT2D eigenvalue weighted by molar-refractivity contribution is -0.387. The first-order valence-corrected chi connectivity index (χ1v) is 11.1. The summed E-state index contributed by atoms with van der Waals surface area (Å²) in [4.78, 5) is 23.9. The van der Waals surface area contributed by atoms with Crippen molar-refractivity contribution in [3.05, 3.63) is 74.5 Å². The molecule has 1 saturated heterocycles. The van der Waals surface area contributed by atoms with Crippen LogP contribution in [-0.2, 0) is 14.8 Å². The number of hydrogen-bond donors (Lipinski definition) is 0. The van der Waals surface area contributed by atoms with E-state index in [4.69, 9.17) is 0 Å². The molecular weight excluding hydrogens is 481 g/mol. The van der Waals surface area contributed by atoms with Crippen LogP contribution in [0.1, 0.15) is 5.56 Å². The lowest BCUT2D eigenvalue weighted by Gasteiger charge is -2.33. The number of para-hydroxylation sites is 1. The highest BCUT2D eigenvalue weighted by atomic mass is 79.9. The second kappa shape index (κ2) is 9.02. The van der Waals surface area contributed by atoms with Gasteiger partial charge in [0.05, 0.1) is 4.92 Å². The molecule has 1 heterocycles. The molecule has 0 bridgehead atoms. The molecule has 0 aromatic heterocycles. The smallest absolute Gasteiger partial charge is 0.289 e. The van der Waals surface area contributed by atoms with Crippen LogP contribution in [0.2, 0.25) is 0 Å². The zero-order chi connectivity index (χ0) is 21.9. The minimum atomic E-state index is -4.07. The van der Waals surface area contributed by atoms with E-state index in [9.17, 15) is 27.7 Å². The summed E-state index contributed by atoms with van der Waals surface area (Å²) in [5.41, 5.74) is -0.245. The molecule has 0 saturated carbocycles. The van der Waals surface area contributed by atoms with Crippen molar-refractivity contribution in [3.63, 3.8) is 0 Å². The van der Waals surface area contributed by atoms with Crippen molar-refractivity contribution in [3.8, 4) is 0 Å². The average molecular weight is 498 g/mol. The van der Waals surface area contributed by atoms with Crippen LogP contribution in [0.4, 0.5) is 10.1 Å². The van der Waals surface area contributed by atoms with E-state index < -0.39 is 26.5 Å². The highest BCUT2D eigenvalue weighted by Crippen LogP contribution is 2.27. The molecule has 1 fully saturated rings. The summed E-state index contributed by atoms with van der Waals surface area (Å²) in [5.74, 6) is -0.847. The molecule has 8 nitrogen and oxygen atoms in total. The largest absolute Gasteiger partial charge is 0.337 e. The third-order valence-electron chi connectivity index (χ3n) is 4.59. The van der Waals surface area contributed by atoms with Crippen LogP contribution in [0.25, 0.3) is 6.08 Å². The first-order valence-electron chi connectivity index (χ1n) is 8.86. The number of amides is 1. The van der Waals surface area contributed by atoms with Gasteiger partial charge in [-0.2, -0.15) is 4.31 Å². The summed E-state index contributed by atoms with van der Waals surface area (Å²) in [7, 11) is -4.07. The summed E-state index contributed by atoms with van der Waals surface area (Å²) in [6.45, 7) is 0.229. The van der Waals surface area contributed by atoms with Crippen LogP contribution in [0, 0.1) is 15.9 Å². The number of sulfonamides is 1. The fraction of sp³-hybridized carbons (Fsp3) is 0.211. The number of piperazine rings is 1. The molecular formula is C19H17BrFN3O5S. The number of halogens is 2. The second-order valence-corrected chi connectivity index (χ2v) is 9.28. The molecule has 0 spiro atoms. The van der Waals surface area contributed by atoms with Crippen molar-refractivity contribution < 1.29 is 22.5 Å². The summed E-state index contributed by atoms with van der Waals surface area (Å²) >= 11 is 3.24. The van der Waals surface area contributed by atoms with Crippen molar-refractivity contribution in [1.82, 2.24) is 9.21 Å². The maximum Gasteiger partial charge on any atom is 0.289 e. The zero-order valence-electron chi connectivity index (χ0n) is 15.6. The minimum absolute atomic E-state index is 0.000786. The molecule has 0 N–H and O–H groups in total. The number of carbonyl (C=O) groups excluding carboxylic acids is 1. The number of benzene rings is 2. The van der Waals surface area contributed by atoms with E-state index in [-0.39, 0.29) is 42.5 Å². The molecule has 2 aromatic carbocycles. The Balaban J connectivity index is 1.68. The van der Waals surface area contributed by atoms with Gasteiger partial charge >= 0.3 is 0 Å². The van der Waals surface area contributed by atoms with Crippen LogP contribution >= 0.6 is 15.9 Å². The summed E-state index contributed by atoms with van der Waals surface area (Å²) < 4.78 is 41.2. The number of nitro groups is 1. The monoisotopic (exact) mass is 497 g/mol. The van der Waals surface area contributed by atoms with E-state index in [0.717, 1.165) is 10.4 Å². The highest BCUT2D eigenvalue weighted by Gasteiger charge is 2.34. The van der Waals surface area contributed by atoms with Gasteiger partial charge in [0, 0.05) is 48.4 Å². The fourth-order valence-electron chi connectivity index (χ4n) is 3.02. The number of nitrogens with zero attached hydrogens (tertiary/aromatic N) is 3. The van der Waals surface area contributed by atoms with Gasteiger partial charge in [0.25, 0.3) is 5.69 Å². The van der Waals surface area contributed by atoms with E-state index >= 15 is 0 Å². The third kappa shape index (κ3) is 4.74. The molecule has 1 amide bonds. The lowest BCUT2D eigenvalue weighted by atomic mass is 10.2. The van der Waals surface area contributed by atoms with Gasteiger partial charge in [0.2, 0.25) is 15.9 Å². The Morgan fingerprint density at radius 3 is 2.47 bits per heavy atom. The Morgan fingerprint density at radius 1 is 1.13 bits per heavy atom. The van der Waals surface area contributed by atoms with Gasteiger partial charge in [-0.3, -0.25) is 14.9 Å². The Hall–Kier alpha value is -2.63. The zero-order valence-corrected chi connectivity index (χ0v) is 18.0. The Kier molecular flexibility index (Phi) is 6.64. The molecule has 1 aliphatic rings. The van der Waals surface area contributed by atoms with E-state index in [1.165, 1.54) is 47.4 Å². The van der Waals surface area contributed by atoms with Gasteiger partial charge < -0.3 is 4.90 Å². The molecule has 0 atom stereocenters. The minimum Gasteiger partial charge on any atom is -0.337 e.